The topological polar surface area (TPSA) is 72.5 Å². The van der Waals surface area contributed by atoms with Gasteiger partial charge in [-0.25, -0.2) is 0 Å². The van der Waals surface area contributed by atoms with E-state index in [9.17, 15) is 9.90 Å². The molecule has 3 aromatic rings. The summed E-state index contributed by atoms with van der Waals surface area (Å²) < 4.78 is 0.972. The lowest BCUT2D eigenvalue weighted by molar-refractivity contribution is -0.144. The number of hydrogen-bond donors (Lipinski definition) is 2. The molecule has 7 heteroatoms. The number of benzene rings is 1. The second-order valence-corrected chi connectivity index (χ2v) is 7.76. The van der Waals surface area contributed by atoms with Gasteiger partial charge in [0.2, 0.25) is 0 Å². The van der Waals surface area contributed by atoms with Gasteiger partial charge in [0, 0.05) is 72.3 Å². The van der Waals surface area contributed by atoms with E-state index in [0.717, 1.165) is 53.7 Å². The highest BCUT2D eigenvalue weighted by atomic mass is 79.9. The normalized spacial score (nSPS) is 17.2. The van der Waals surface area contributed by atoms with Gasteiger partial charge >= 0.3 is 5.97 Å². The number of H-pyrrole nitrogens is 1. The summed E-state index contributed by atoms with van der Waals surface area (Å²) in [4.78, 5) is 23.9. The molecule has 6 nitrogen and oxygen atoms in total. The van der Waals surface area contributed by atoms with Gasteiger partial charge in [0.15, 0.2) is 0 Å². The fourth-order valence-corrected chi connectivity index (χ4v) is 4.12. The third-order valence-electron chi connectivity index (χ3n) is 5.11. The van der Waals surface area contributed by atoms with Crippen LogP contribution >= 0.6 is 15.9 Å². The highest BCUT2D eigenvalue weighted by molar-refractivity contribution is 9.10. The van der Waals surface area contributed by atoms with Crippen LogP contribution in [-0.2, 0) is 11.3 Å². The first-order chi connectivity index (χ1) is 13.1. The zero-order valence-electron chi connectivity index (χ0n) is 14.8. The molecule has 0 aliphatic carbocycles. The number of pyridine rings is 1. The molecular weight excluding hydrogens is 408 g/mol. The predicted molar refractivity (Wildman–Crippen MR) is 107 cm³/mol. The maximum Gasteiger partial charge on any atom is 0.325 e. The van der Waals surface area contributed by atoms with Crippen molar-refractivity contribution in [2.24, 2.45) is 0 Å². The Morgan fingerprint density at radius 2 is 2.07 bits per heavy atom. The Kier molecular flexibility index (Phi) is 5.24. The molecule has 1 atom stereocenters. The van der Waals surface area contributed by atoms with E-state index in [0.29, 0.717) is 0 Å². The first-order valence-corrected chi connectivity index (χ1v) is 9.76. The summed E-state index contributed by atoms with van der Waals surface area (Å²) in [5.41, 5.74) is 2.95. The molecule has 4 rings (SSSR count). The van der Waals surface area contributed by atoms with Crippen LogP contribution in [0.2, 0.25) is 0 Å². The van der Waals surface area contributed by atoms with E-state index in [1.165, 1.54) is 5.56 Å². The number of aromatic nitrogens is 2. The predicted octanol–water partition coefficient (Wildman–Crippen LogP) is 3.27. The van der Waals surface area contributed by atoms with Crippen molar-refractivity contribution >= 4 is 32.8 Å². The second kappa shape index (κ2) is 7.80. The highest BCUT2D eigenvalue weighted by Crippen LogP contribution is 2.31. The first-order valence-electron chi connectivity index (χ1n) is 8.96. The molecule has 1 saturated heterocycles. The first kappa shape index (κ1) is 18.2. The fraction of sp³-hybridized carbons (Fsp3) is 0.300. The van der Waals surface area contributed by atoms with E-state index in [4.69, 9.17) is 0 Å². The quantitative estimate of drug-likeness (QED) is 0.652. The zero-order chi connectivity index (χ0) is 18.8. The van der Waals surface area contributed by atoms with Crippen LogP contribution in [0.3, 0.4) is 0 Å². The van der Waals surface area contributed by atoms with E-state index in [1.54, 1.807) is 6.20 Å². The second-order valence-electron chi connectivity index (χ2n) is 6.85. The number of piperazine rings is 1. The summed E-state index contributed by atoms with van der Waals surface area (Å²) >= 11 is 3.46. The van der Waals surface area contributed by atoms with Crippen molar-refractivity contribution in [3.05, 3.63) is 64.5 Å². The van der Waals surface area contributed by atoms with Crippen LogP contribution in [0.4, 0.5) is 0 Å². The smallest absolute Gasteiger partial charge is 0.325 e. The SMILES string of the molecule is O=C(O)C(c1c[nH]c2cc(Br)ccc12)N1CCN(Cc2cccnc2)CC1. The Bertz CT molecular complexity index is 936. The van der Waals surface area contributed by atoms with Gasteiger partial charge in [-0.1, -0.05) is 28.1 Å². The molecule has 1 fully saturated rings. The maximum absolute atomic E-state index is 12.1. The Morgan fingerprint density at radius 3 is 2.78 bits per heavy atom. The average Bonchev–Trinajstić information content (AvgIpc) is 3.06. The fourth-order valence-electron chi connectivity index (χ4n) is 3.76. The minimum absolute atomic E-state index is 0.638. The molecule has 2 N–H and O–H groups in total. The number of rotatable bonds is 5. The number of aromatic amines is 1. The molecule has 0 spiro atoms. The largest absolute Gasteiger partial charge is 0.480 e. The third kappa shape index (κ3) is 3.90. The lowest BCUT2D eigenvalue weighted by atomic mass is 10.0. The van der Waals surface area contributed by atoms with Crippen LogP contribution in [0.15, 0.2) is 53.4 Å². The van der Waals surface area contributed by atoms with Crippen molar-refractivity contribution in [2.45, 2.75) is 12.6 Å². The highest BCUT2D eigenvalue weighted by Gasteiger charge is 2.32. The van der Waals surface area contributed by atoms with Crippen molar-refractivity contribution in [1.82, 2.24) is 19.8 Å². The zero-order valence-corrected chi connectivity index (χ0v) is 16.4. The van der Waals surface area contributed by atoms with Crippen molar-refractivity contribution in [2.75, 3.05) is 26.2 Å². The molecule has 1 aliphatic heterocycles. The lowest BCUT2D eigenvalue weighted by Crippen LogP contribution is -2.48. The van der Waals surface area contributed by atoms with E-state index in [-0.39, 0.29) is 0 Å². The van der Waals surface area contributed by atoms with Crippen LogP contribution in [0.1, 0.15) is 17.2 Å². The molecule has 1 aromatic carbocycles. The molecule has 1 unspecified atom stereocenters. The van der Waals surface area contributed by atoms with E-state index in [2.05, 4.69) is 41.8 Å². The summed E-state index contributed by atoms with van der Waals surface area (Å²) in [6.45, 7) is 3.97. The van der Waals surface area contributed by atoms with Crippen molar-refractivity contribution in [3.63, 3.8) is 0 Å². The van der Waals surface area contributed by atoms with Crippen molar-refractivity contribution < 1.29 is 9.90 Å². The van der Waals surface area contributed by atoms with Crippen LogP contribution < -0.4 is 0 Å². The standard InChI is InChI=1S/C20H21BrN4O2/c21-15-3-4-16-17(12-23-18(16)10-15)19(20(26)27)25-8-6-24(7-9-25)13-14-2-1-5-22-11-14/h1-5,10-12,19,23H,6-9,13H2,(H,26,27). The molecule has 3 heterocycles. The van der Waals surface area contributed by atoms with E-state index in [1.807, 2.05) is 36.7 Å². The number of nitrogens with zero attached hydrogens (tertiary/aromatic N) is 3. The van der Waals surface area contributed by atoms with Crippen LogP contribution in [0.25, 0.3) is 10.9 Å². The minimum atomic E-state index is -0.806. The number of nitrogens with one attached hydrogen (secondary N) is 1. The summed E-state index contributed by atoms with van der Waals surface area (Å²) in [6, 6.07) is 9.28. The van der Waals surface area contributed by atoms with Gasteiger partial charge in [-0.15, -0.1) is 0 Å². The van der Waals surface area contributed by atoms with Gasteiger partial charge in [0.25, 0.3) is 0 Å². The summed E-state index contributed by atoms with van der Waals surface area (Å²) in [5.74, 6) is -0.806. The number of hydrogen-bond acceptors (Lipinski definition) is 4. The van der Waals surface area contributed by atoms with Gasteiger partial charge in [-0.3, -0.25) is 19.6 Å². The number of carbonyl (C=O) groups is 1. The van der Waals surface area contributed by atoms with Gasteiger partial charge in [-0.2, -0.15) is 0 Å². The third-order valence-corrected chi connectivity index (χ3v) is 5.60. The number of halogens is 1. The molecule has 0 radical (unpaired) electrons. The van der Waals surface area contributed by atoms with Crippen LogP contribution in [-0.4, -0.2) is 57.0 Å². The van der Waals surface area contributed by atoms with Crippen molar-refractivity contribution in [1.29, 1.82) is 0 Å². The Balaban J connectivity index is 1.49. The maximum atomic E-state index is 12.1. The van der Waals surface area contributed by atoms with E-state index >= 15 is 0 Å². The number of fused-ring (bicyclic) bond motifs is 1. The number of carboxylic acids is 1. The lowest BCUT2D eigenvalue weighted by Gasteiger charge is -2.37. The van der Waals surface area contributed by atoms with Gasteiger partial charge in [0.1, 0.15) is 6.04 Å². The van der Waals surface area contributed by atoms with E-state index < -0.39 is 12.0 Å². The van der Waals surface area contributed by atoms with Crippen molar-refractivity contribution in [3.8, 4) is 0 Å². The number of aliphatic carboxylic acids is 1. The molecule has 140 valence electrons. The van der Waals surface area contributed by atoms with Crippen LogP contribution in [0, 0.1) is 0 Å². The average molecular weight is 429 g/mol. The Labute approximate surface area is 165 Å². The molecule has 27 heavy (non-hydrogen) atoms. The summed E-state index contributed by atoms with van der Waals surface area (Å²) in [6.07, 6.45) is 5.49. The molecular formula is C20H21BrN4O2. The molecule has 1 aliphatic rings. The molecule has 2 aromatic heterocycles. The van der Waals surface area contributed by atoms with Crippen LogP contribution in [0.5, 0.6) is 0 Å². The minimum Gasteiger partial charge on any atom is -0.480 e. The monoisotopic (exact) mass is 428 g/mol. The molecule has 0 saturated carbocycles. The van der Waals surface area contributed by atoms with Gasteiger partial charge in [0.05, 0.1) is 0 Å². The molecule has 0 amide bonds. The summed E-state index contributed by atoms with van der Waals surface area (Å²) in [7, 11) is 0. The summed E-state index contributed by atoms with van der Waals surface area (Å²) in [5, 5.41) is 10.9. The Hall–Kier alpha value is -2.22. The van der Waals surface area contributed by atoms with Gasteiger partial charge in [-0.05, 0) is 23.8 Å². The number of carboxylic acid groups (broad SMARTS) is 1. The van der Waals surface area contributed by atoms with Gasteiger partial charge < -0.3 is 10.1 Å². The Morgan fingerprint density at radius 1 is 1.26 bits per heavy atom. The molecule has 0 bridgehead atoms.